The Morgan fingerprint density at radius 2 is 1.74 bits per heavy atom. The van der Waals surface area contributed by atoms with Gasteiger partial charge in [0.2, 0.25) is 0 Å². The normalized spacial score (nSPS) is 29.3. The van der Waals surface area contributed by atoms with E-state index in [-0.39, 0.29) is 36.2 Å². The molecule has 0 radical (unpaired) electrons. The van der Waals surface area contributed by atoms with Gasteiger partial charge in [0, 0.05) is 63.0 Å². The molecule has 1 saturated heterocycles. The lowest BCUT2D eigenvalue weighted by atomic mass is 9.80. The van der Waals surface area contributed by atoms with Crippen molar-refractivity contribution in [2.24, 2.45) is 23.7 Å². The van der Waals surface area contributed by atoms with E-state index in [1.807, 2.05) is 13.8 Å². The molecule has 0 aromatic carbocycles. The highest BCUT2D eigenvalue weighted by Gasteiger charge is 2.49. The Labute approximate surface area is 270 Å². The van der Waals surface area contributed by atoms with Crippen molar-refractivity contribution in [1.82, 2.24) is 20.6 Å². The van der Waals surface area contributed by atoms with Gasteiger partial charge in [-0.25, -0.2) is 0 Å². The van der Waals surface area contributed by atoms with E-state index in [4.69, 9.17) is 9.47 Å². The van der Waals surface area contributed by atoms with Gasteiger partial charge in [0.1, 0.15) is 5.92 Å². The van der Waals surface area contributed by atoms with Gasteiger partial charge in [0.25, 0.3) is 0 Å². The predicted octanol–water partition coefficient (Wildman–Crippen LogP) is 4.05. The highest BCUT2D eigenvalue weighted by molar-refractivity contribution is 5.88. The maximum absolute atomic E-state index is 13.4. The molecular formula is C37H48N4O5. The van der Waals surface area contributed by atoms with E-state index in [2.05, 4.69) is 73.4 Å². The Morgan fingerprint density at radius 3 is 2.41 bits per heavy atom. The molecule has 8 bridgehead atoms. The van der Waals surface area contributed by atoms with Crippen molar-refractivity contribution in [2.75, 3.05) is 13.7 Å². The molecule has 246 valence electrons. The SMILES string of the molecule is CCOC(=O)CC[C@@H]1C2N/C(=C\C3=C(C)[C@H](CC)/C(=C/c4[nH]c(c(CC)c4C)/C=c4\[nH]c5c(c4C)[C@@H](O)[C@H](C(=O)OC)C=52)N3)[C@H]1C. The number of allylic oxidation sites excluding steroid dienone is 3. The quantitative estimate of drug-likeness (QED) is 0.293. The predicted molar refractivity (Wildman–Crippen MR) is 178 cm³/mol. The minimum Gasteiger partial charge on any atom is -0.468 e. The van der Waals surface area contributed by atoms with Gasteiger partial charge in [-0.1, -0.05) is 20.8 Å². The van der Waals surface area contributed by atoms with Gasteiger partial charge in [-0.15, -0.1) is 0 Å². The van der Waals surface area contributed by atoms with Crippen molar-refractivity contribution >= 4 is 29.7 Å². The number of fused-ring (bicyclic) bond motifs is 8. The van der Waals surface area contributed by atoms with Crippen LogP contribution in [0.2, 0.25) is 0 Å². The Bertz CT molecular complexity index is 1800. The number of rotatable bonds is 7. The molecule has 6 rings (SSSR count). The number of hydrogen-bond donors (Lipinski definition) is 5. The lowest BCUT2D eigenvalue weighted by Gasteiger charge is -2.27. The van der Waals surface area contributed by atoms with E-state index in [1.165, 1.54) is 29.5 Å². The zero-order valence-electron chi connectivity index (χ0n) is 28.3. The fourth-order valence-electron chi connectivity index (χ4n) is 8.38. The van der Waals surface area contributed by atoms with Crippen molar-refractivity contribution in [3.63, 3.8) is 0 Å². The molecule has 1 fully saturated rings. The van der Waals surface area contributed by atoms with Crippen LogP contribution in [0.1, 0.15) is 93.6 Å². The molecule has 4 aliphatic rings. The van der Waals surface area contributed by atoms with Crippen LogP contribution in [0.25, 0.3) is 17.7 Å². The monoisotopic (exact) mass is 628 g/mol. The molecule has 1 unspecified atom stereocenters. The van der Waals surface area contributed by atoms with Crippen molar-refractivity contribution in [3.05, 3.63) is 73.1 Å². The summed E-state index contributed by atoms with van der Waals surface area (Å²) in [5.74, 6) is -1.32. The van der Waals surface area contributed by atoms with Gasteiger partial charge in [-0.05, 0) is 98.9 Å². The average molecular weight is 629 g/mol. The second-order valence-electron chi connectivity index (χ2n) is 13.2. The first kappa shape index (κ1) is 32.0. The number of aromatic nitrogens is 2. The van der Waals surface area contributed by atoms with Crippen LogP contribution in [-0.4, -0.2) is 46.8 Å². The minimum absolute atomic E-state index is 0.0399. The summed E-state index contributed by atoms with van der Waals surface area (Å²) in [5, 5.41) is 21.0. The number of methoxy groups -OCH3 is 1. The Balaban J connectivity index is 1.64. The van der Waals surface area contributed by atoms with Crippen LogP contribution in [0.5, 0.6) is 0 Å². The summed E-state index contributed by atoms with van der Waals surface area (Å²) in [6.07, 6.45) is 8.20. The first-order chi connectivity index (χ1) is 22.0. The molecule has 3 aliphatic heterocycles. The van der Waals surface area contributed by atoms with E-state index in [0.717, 1.165) is 63.0 Å². The zero-order chi connectivity index (χ0) is 33.0. The third-order valence-electron chi connectivity index (χ3n) is 10.9. The van der Waals surface area contributed by atoms with Crippen molar-refractivity contribution < 1.29 is 24.2 Å². The van der Waals surface area contributed by atoms with Crippen LogP contribution in [0.15, 0.2) is 28.7 Å². The van der Waals surface area contributed by atoms with Crippen LogP contribution < -0.4 is 21.3 Å². The highest BCUT2D eigenvalue weighted by Crippen LogP contribution is 2.45. The maximum Gasteiger partial charge on any atom is 0.315 e. The summed E-state index contributed by atoms with van der Waals surface area (Å²) >= 11 is 0. The fraction of sp³-hybridized carbons (Fsp3) is 0.514. The van der Waals surface area contributed by atoms with Crippen LogP contribution >= 0.6 is 0 Å². The third kappa shape index (κ3) is 5.03. The number of aliphatic hydroxyl groups excluding tert-OH is 1. The summed E-state index contributed by atoms with van der Waals surface area (Å²) in [5.41, 5.74) is 11.5. The Morgan fingerprint density at radius 1 is 0.978 bits per heavy atom. The number of carbonyl (C=O) groups excluding carboxylic acids is 2. The van der Waals surface area contributed by atoms with E-state index >= 15 is 0 Å². The number of aromatic amines is 2. The molecule has 6 atom stereocenters. The lowest BCUT2D eigenvalue weighted by Crippen LogP contribution is -2.37. The first-order valence-corrected chi connectivity index (χ1v) is 16.8. The summed E-state index contributed by atoms with van der Waals surface area (Å²) in [6, 6.07) is -0.320. The molecule has 5 heterocycles. The number of aliphatic hydroxyl groups is 1. The van der Waals surface area contributed by atoms with Crippen molar-refractivity contribution in [2.45, 2.75) is 86.3 Å². The summed E-state index contributed by atoms with van der Waals surface area (Å²) in [6.45, 7) is 15.1. The molecule has 46 heavy (non-hydrogen) atoms. The second-order valence-corrected chi connectivity index (χ2v) is 13.2. The fourth-order valence-corrected chi connectivity index (χ4v) is 8.38. The number of nitrogens with one attached hydrogen (secondary N) is 4. The van der Waals surface area contributed by atoms with Gasteiger partial charge in [0.15, 0.2) is 0 Å². The summed E-state index contributed by atoms with van der Waals surface area (Å²) < 4.78 is 10.6. The number of hydrogen-bond acceptors (Lipinski definition) is 7. The van der Waals surface area contributed by atoms with Crippen LogP contribution in [0, 0.1) is 37.5 Å². The first-order valence-electron chi connectivity index (χ1n) is 16.8. The maximum atomic E-state index is 13.4. The molecule has 2 aromatic rings. The third-order valence-corrected chi connectivity index (χ3v) is 10.9. The van der Waals surface area contributed by atoms with E-state index in [1.54, 1.807) is 0 Å². The highest BCUT2D eigenvalue weighted by atomic mass is 16.5. The number of ether oxygens (including phenoxy) is 2. The lowest BCUT2D eigenvalue weighted by molar-refractivity contribution is -0.147. The Hall–Kier alpha value is -3.98. The smallest absolute Gasteiger partial charge is 0.315 e. The molecule has 0 saturated carbocycles. The van der Waals surface area contributed by atoms with Gasteiger partial charge in [0.05, 0.1) is 25.9 Å². The van der Waals surface area contributed by atoms with E-state index < -0.39 is 18.0 Å². The van der Waals surface area contributed by atoms with Crippen LogP contribution in [0.3, 0.4) is 0 Å². The Kier molecular flexibility index (Phi) is 8.57. The topological polar surface area (TPSA) is 128 Å². The number of H-pyrrole nitrogens is 2. The van der Waals surface area contributed by atoms with Crippen molar-refractivity contribution in [3.8, 4) is 0 Å². The number of carbonyl (C=O) groups is 2. The molecule has 9 nitrogen and oxygen atoms in total. The summed E-state index contributed by atoms with van der Waals surface area (Å²) in [7, 11) is 1.37. The van der Waals surface area contributed by atoms with Crippen LogP contribution in [-0.2, 0) is 25.5 Å². The zero-order valence-corrected chi connectivity index (χ0v) is 28.3. The molecule has 1 aliphatic carbocycles. The molecular weight excluding hydrogens is 580 g/mol. The summed E-state index contributed by atoms with van der Waals surface area (Å²) in [4.78, 5) is 33.3. The van der Waals surface area contributed by atoms with Gasteiger partial charge >= 0.3 is 11.9 Å². The molecule has 0 amide bonds. The second kappa shape index (κ2) is 12.3. The molecule has 9 heteroatoms. The van der Waals surface area contributed by atoms with Gasteiger partial charge in [-0.2, -0.15) is 0 Å². The van der Waals surface area contributed by atoms with E-state index in [0.29, 0.717) is 13.0 Å². The standard InChI is InChI=1S/C37H48N4O5/c1-9-21-17(4)24-14-26-19(6)23(12-13-30(42)46-11-3)34(40-26)32-33(37(44)45-8)36(43)31-20(7)27(41-35(31)32)16-29-22(10-2)18(5)25(39-29)15-28(21)38-24/h14-16,19,21,23,33-34,36,38-41,43H,9-13H2,1-8H3/b26-14-,27-16-,28-15-/t19-,21-,23-,33+,34?,36+/m0/s1. The molecule has 2 aromatic heterocycles. The minimum atomic E-state index is -1.06. The number of esters is 2. The van der Waals surface area contributed by atoms with Gasteiger partial charge < -0.3 is 35.2 Å². The molecule has 5 N–H and O–H groups in total. The van der Waals surface area contributed by atoms with Gasteiger partial charge in [-0.3, -0.25) is 9.59 Å². The molecule has 0 spiro atoms. The largest absolute Gasteiger partial charge is 0.468 e. The van der Waals surface area contributed by atoms with E-state index in [9.17, 15) is 14.7 Å². The average Bonchev–Trinajstić information content (AvgIpc) is 3.77. The van der Waals surface area contributed by atoms with Crippen molar-refractivity contribution in [1.29, 1.82) is 0 Å². The van der Waals surface area contributed by atoms with Crippen LogP contribution in [0.4, 0.5) is 0 Å².